The number of thiazole rings is 1. The topological polar surface area (TPSA) is 38.9 Å². The monoisotopic (exact) mass is 356 g/mol. The van der Waals surface area contributed by atoms with Crippen molar-refractivity contribution in [2.24, 2.45) is 5.73 Å². The summed E-state index contributed by atoms with van der Waals surface area (Å²) in [6, 6.07) is 8.66. The first-order valence-corrected chi connectivity index (χ1v) is 7.64. The quantitative estimate of drug-likeness (QED) is 0.791. The highest BCUT2D eigenvalue weighted by Crippen LogP contribution is 2.36. The molecule has 1 atom stereocenters. The van der Waals surface area contributed by atoms with Crippen LogP contribution in [0.2, 0.25) is 0 Å². The Kier molecular flexibility index (Phi) is 3.19. The van der Waals surface area contributed by atoms with Crippen LogP contribution in [-0.2, 0) is 6.42 Å². The van der Waals surface area contributed by atoms with Gasteiger partial charge in [-0.25, -0.2) is 4.98 Å². The lowest BCUT2D eigenvalue weighted by Gasteiger charge is -2.15. The van der Waals surface area contributed by atoms with Gasteiger partial charge in [-0.05, 0) is 54.0 Å². The van der Waals surface area contributed by atoms with E-state index in [0.717, 1.165) is 23.5 Å². The summed E-state index contributed by atoms with van der Waals surface area (Å²) in [5.74, 6) is 0. The molecular weight excluding hydrogens is 343 g/mol. The van der Waals surface area contributed by atoms with E-state index in [1.807, 2.05) is 0 Å². The van der Waals surface area contributed by atoms with Crippen LogP contribution in [0.25, 0.3) is 10.6 Å². The number of hydrogen-bond donors (Lipinski definition) is 1. The number of halogens is 1. The van der Waals surface area contributed by atoms with Gasteiger partial charge in [-0.15, -0.1) is 11.3 Å². The number of nitrogens with two attached hydrogens (primary N) is 1. The number of nitrogens with zero attached hydrogens (tertiary/aromatic N) is 1. The maximum atomic E-state index is 6.10. The Morgan fingerprint density at radius 2 is 2.06 bits per heavy atom. The molecule has 0 bridgehead atoms. The minimum atomic E-state index is 0.146. The lowest BCUT2D eigenvalue weighted by atomic mass is 9.99. The van der Waals surface area contributed by atoms with Gasteiger partial charge in [-0.1, -0.05) is 12.1 Å². The van der Waals surface area contributed by atoms with Gasteiger partial charge in [0, 0.05) is 20.1 Å². The minimum absolute atomic E-state index is 0.146. The van der Waals surface area contributed by atoms with Gasteiger partial charge in [-0.3, -0.25) is 0 Å². The Morgan fingerprint density at radius 1 is 1.29 bits per heavy atom. The summed E-state index contributed by atoms with van der Waals surface area (Å²) in [4.78, 5) is 6.11. The molecule has 88 valence electrons. The molecule has 1 aromatic carbocycles. The number of fused-ring (bicyclic) bond motifs is 1. The molecule has 0 amide bonds. The summed E-state index contributed by atoms with van der Waals surface area (Å²) in [7, 11) is 0. The molecule has 1 heterocycles. The predicted octanol–water partition coefficient (Wildman–Crippen LogP) is 3.75. The summed E-state index contributed by atoms with van der Waals surface area (Å²) in [6.45, 7) is 0. The van der Waals surface area contributed by atoms with E-state index in [1.54, 1.807) is 11.3 Å². The van der Waals surface area contributed by atoms with Gasteiger partial charge in [0.1, 0.15) is 5.01 Å². The third-order valence-corrected chi connectivity index (χ3v) is 4.99. The summed E-state index contributed by atoms with van der Waals surface area (Å²) in [5.41, 5.74) is 8.44. The van der Waals surface area contributed by atoms with E-state index >= 15 is 0 Å². The van der Waals surface area contributed by atoms with Crippen molar-refractivity contribution in [2.45, 2.75) is 25.3 Å². The van der Waals surface area contributed by atoms with E-state index in [1.165, 1.54) is 20.4 Å². The Morgan fingerprint density at radius 3 is 2.76 bits per heavy atom. The minimum Gasteiger partial charge on any atom is -0.323 e. The van der Waals surface area contributed by atoms with Crippen molar-refractivity contribution in [2.75, 3.05) is 0 Å². The zero-order chi connectivity index (χ0) is 11.8. The SMILES string of the molecule is NC1CCCc2sc(-c3ccc(I)cc3)nc21. The van der Waals surface area contributed by atoms with Gasteiger partial charge in [0.05, 0.1) is 5.69 Å². The van der Waals surface area contributed by atoms with Crippen molar-refractivity contribution in [3.63, 3.8) is 0 Å². The van der Waals surface area contributed by atoms with Gasteiger partial charge >= 0.3 is 0 Å². The van der Waals surface area contributed by atoms with E-state index in [0.29, 0.717) is 0 Å². The van der Waals surface area contributed by atoms with E-state index in [9.17, 15) is 0 Å². The first-order chi connectivity index (χ1) is 8.24. The Balaban J connectivity index is 2.02. The fourth-order valence-corrected chi connectivity index (χ4v) is 3.71. The molecular formula is C13H13IN2S. The van der Waals surface area contributed by atoms with E-state index in [4.69, 9.17) is 10.7 Å². The van der Waals surface area contributed by atoms with Crippen LogP contribution in [0, 0.1) is 3.57 Å². The second kappa shape index (κ2) is 4.66. The van der Waals surface area contributed by atoms with E-state index < -0.39 is 0 Å². The average Bonchev–Trinajstić information content (AvgIpc) is 2.75. The maximum absolute atomic E-state index is 6.10. The van der Waals surface area contributed by atoms with Gasteiger partial charge in [0.2, 0.25) is 0 Å². The summed E-state index contributed by atoms with van der Waals surface area (Å²) in [5, 5.41) is 1.11. The molecule has 0 saturated heterocycles. The van der Waals surface area contributed by atoms with Gasteiger partial charge in [0.25, 0.3) is 0 Å². The first kappa shape index (κ1) is 11.6. The molecule has 0 saturated carbocycles. The highest BCUT2D eigenvalue weighted by molar-refractivity contribution is 14.1. The number of hydrogen-bond acceptors (Lipinski definition) is 3. The molecule has 2 N–H and O–H groups in total. The van der Waals surface area contributed by atoms with E-state index in [-0.39, 0.29) is 6.04 Å². The number of aromatic nitrogens is 1. The first-order valence-electron chi connectivity index (χ1n) is 5.75. The summed E-state index contributed by atoms with van der Waals surface area (Å²) < 4.78 is 1.25. The van der Waals surface area contributed by atoms with Crippen LogP contribution in [0.1, 0.15) is 29.5 Å². The Labute approximate surface area is 118 Å². The average molecular weight is 356 g/mol. The lowest BCUT2D eigenvalue weighted by Crippen LogP contribution is -2.16. The van der Waals surface area contributed by atoms with Crippen molar-refractivity contribution in [3.8, 4) is 10.6 Å². The second-order valence-electron chi connectivity index (χ2n) is 4.33. The van der Waals surface area contributed by atoms with Gasteiger partial charge in [-0.2, -0.15) is 0 Å². The fourth-order valence-electron chi connectivity index (χ4n) is 2.17. The maximum Gasteiger partial charge on any atom is 0.123 e. The van der Waals surface area contributed by atoms with Crippen LogP contribution >= 0.6 is 33.9 Å². The largest absolute Gasteiger partial charge is 0.323 e. The number of benzene rings is 1. The van der Waals surface area contributed by atoms with Gasteiger partial charge in [0.15, 0.2) is 0 Å². The number of rotatable bonds is 1. The zero-order valence-corrected chi connectivity index (χ0v) is 12.3. The van der Waals surface area contributed by atoms with Crippen molar-refractivity contribution in [3.05, 3.63) is 38.4 Å². The van der Waals surface area contributed by atoms with Crippen LogP contribution < -0.4 is 5.73 Å². The fraction of sp³-hybridized carbons (Fsp3) is 0.308. The van der Waals surface area contributed by atoms with Crippen LogP contribution in [0.4, 0.5) is 0 Å². The van der Waals surface area contributed by atoms with Crippen molar-refractivity contribution in [1.82, 2.24) is 4.98 Å². The third-order valence-electron chi connectivity index (χ3n) is 3.09. The zero-order valence-electron chi connectivity index (χ0n) is 9.32. The molecule has 2 aromatic rings. The van der Waals surface area contributed by atoms with Crippen LogP contribution in [-0.4, -0.2) is 4.98 Å². The second-order valence-corrected chi connectivity index (χ2v) is 6.66. The predicted molar refractivity (Wildman–Crippen MR) is 80.1 cm³/mol. The van der Waals surface area contributed by atoms with Crippen molar-refractivity contribution < 1.29 is 0 Å². The van der Waals surface area contributed by atoms with E-state index in [2.05, 4.69) is 46.9 Å². The molecule has 3 rings (SSSR count). The molecule has 1 unspecified atom stereocenters. The van der Waals surface area contributed by atoms with Crippen LogP contribution in [0.15, 0.2) is 24.3 Å². The van der Waals surface area contributed by atoms with Crippen molar-refractivity contribution >= 4 is 33.9 Å². The smallest absolute Gasteiger partial charge is 0.123 e. The van der Waals surface area contributed by atoms with Crippen LogP contribution in [0.5, 0.6) is 0 Å². The molecule has 0 radical (unpaired) electrons. The molecule has 0 spiro atoms. The molecule has 4 heteroatoms. The molecule has 1 aliphatic carbocycles. The molecule has 0 fully saturated rings. The summed E-state index contributed by atoms with van der Waals surface area (Å²) in [6.07, 6.45) is 3.41. The van der Waals surface area contributed by atoms with Gasteiger partial charge < -0.3 is 5.73 Å². The molecule has 17 heavy (non-hydrogen) atoms. The summed E-state index contributed by atoms with van der Waals surface area (Å²) >= 11 is 4.12. The molecule has 1 aliphatic rings. The Hall–Kier alpha value is -0.460. The normalized spacial score (nSPS) is 19.1. The molecule has 0 aliphatic heterocycles. The number of aryl methyl sites for hydroxylation is 1. The third kappa shape index (κ3) is 2.26. The van der Waals surface area contributed by atoms with Crippen LogP contribution in [0.3, 0.4) is 0 Å². The highest BCUT2D eigenvalue weighted by Gasteiger charge is 2.21. The molecule has 1 aromatic heterocycles. The lowest BCUT2D eigenvalue weighted by molar-refractivity contribution is 0.564. The standard InChI is InChI=1S/C13H13IN2S/c14-9-6-4-8(5-7-9)13-16-12-10(15)2-1-3-11(12)17-13/h4-7,10H,1-3,15H2. The Bertz CT molecular complexity index is 533. The molecule has 2 nitrogen and oxygen atoms in total. The highest BCUT2D eigenvalue weighted by atomic mass is 127. The van der Waals surface area contributed by atoms with Crippen molar-refractivity contribution in [1.29, 1.82) is 0 Å².